The lowest BCUT2D eigenvalue weighted by Crippen LogP contribution is -2.16. The summed E-state index contributed by atoms with van der Waals surface area (Å²) in [5.41, 5.74) is 8.53. The number of aromatic nitrogens is 2. The maximum absolute atomic E-state index is 12.3. The third-order valence-corrected chi connectivity index (χ3v) is 4.96. The molecular formula is C13H16N4O2S. The molecule has 0 aliphatic heterocycles. The monoisotopic (exact) mass is 292 g/mol. The van der Waals surface area contributed by atoms with E-state index in [2.05, 4.69) is 21.0 Å². The van der Waals surface area contributed by atoms with Gasteiger partial charge in [-0.1, -0.05) is 12.1 Å². The average molecular weight is 292 g/mol. The highest BCUT2D eigenvalue weighted by atomic mass is 32.2. The summed E-state index contributed by atoms with van der Waals surface area (Å²) in [6.07, 6.45) is 5.35. The second-order valence-electron chi connectivity index (χ2n) is 4.90. The van der Waals surface area contributed by atoms with Crippen molar-refractivity contribution in [3.63, 3.8) is 0 Å². The summed E-state index contributed by atoms with van der Waals surface area (Å²) < 4.78 is 27.3. The minimum Gasteiger partial charge on any atom is -0.383 e. The molecule has 2 aromatic rings. The number of nitrogens with zero attached hydrogens (tertiary/aromatic N) is 1. The fraction of sp³-hybridized carbons (Fsp3) is 0.308. The molecule has 1 aliphatic rings. The summed E-state index contributed by atoms with van der Waals surface area (Å²) in [5.74, 6) is 0.0438. The molecule has 1 aromatic carbocycles. The molecule has 0 atom stereocenters. The van der Waals surface area contributed by atoms with Gasteiger partial charge in [-0.15, -0.1) is 0 Å². The lowest BCUT2D eigenvalue weighted by molar-refractivity contribution is 0.601. The largest absolute Gasteiger partial charge is 0.383 e. The van der Waals surface area contributed by atoms with E-state index in [-0.39, 0.29) is 10.7 Å². The van der Waals surface area contributed by atoms with E-state index in [4.69, 9.17) is 5.73 Å². The van der Waals surface area contributed by atoms with Crippen LogP contribution in [0.5, 0.6) is 0 Å². The van der Waals surface area contributed by atoms with Crippen LogP contribution in [0, 0.1) is 0 Å². The van der Waals surface area contributed by atoms with Crippen molar-refractivity contribution in [1.82, 2.24) is 10.2 Å². The zero-order chi connectivity index (χ0) is 14.2. The Balaban J connectivity index is 1.98. The van der Waals surface area contributed by atoms with Gasteiger partial charge in [0, 0.05) is 0 Å². The first-order chi connectivity index (χ1) is 9.58. The Morgan fingerprint density at radius 3 is 2.80 bits per heavy atom. The van der Waals surface area contributed by atoms with Crippen molar-refractivity contribution in [2.45, 2.75) is 30.6 Å². The van der Waals surface area contributed by atoms with Gasteiger partial charge in [0.1, 0.15) is 10.7 Å². The summed E-state index contributed by atoms with van der Waals surface area (Å²) >= 11 is 0. The number of aryl methyl sites for hydroxylation is 1. The molecule has 0 fully saturated rings. The van der Waals surface area contributed by atoms with Gasteiger partial charge in [0.2, 0.25) is 0 Å². The van der Waals surface area contributed by atoms with Crippen LogP contribution in [0.4, 0.5) is 11.5 Å². The number of fused-ring (bicyclic) bond motifs is 1. The number of anilines is 2. The minimum absolute atomic E-state index is 0.0223. The molecule has 0 bridgehead atoms. The lowest BCUT2D eigenvalue weighted by atomic mass is 9.91. The predicted octanol–water partition coefficient (Wildman–Crippen LogP) is 1.67. The number of nitrogen functional groups attached to an aromatic ring is 1. The Morgan fingerprint density at radius 2 is 2.05 bits per heavy atom. The summed E-state index contributed by atoms with van der Waals surface area (Å²) in [6.45, 7) is 0. The molecule has 1 aliphatic carbocycles. The summed E-state index contributed by atoms with van der Waals surface area (Å²) in [5, 5.41) is 6.08. The molecule has 1 heterocycles. The third kappa shape index (κ3) is 2.24. The van der Waals surface area contributed by atoms with Gasteiger partial charge in [-0.3, -0.25) is 9.82 Å². The van der Waals surface area contributed by atoms with Gasteiger partial charge >= 0.3 is 0 Å². The van der Waals surface area contributed by atoms with E-state index < -0.39 is 10.0 Å². The van der Waals surface area contributed by atoms with Gasteiger partial charge in [-0.2, -0.15) is 5.10 Å². The zero-order valence-corrected chi connectivity index (χ0v) is 11.7. The average Bonchev–Trinajstić information content (AvgIpc) is 2.86. The maximum atomic E-state index is 12.3. The molecular weight excluding hydrogens is 276 g/mol. The first kappa shape index (κ1) is 13.0. The van der Waals surface area contributed by atoms with E-state index >= 15 is 0 Å². The number of nitrogens with one attached hydrogen (secondary N) is 2. The van der Waals surface area contributed by atoms with Crippen LogP contribution in [0.1, 0.15) is 24.0 Å². The van der Waals surface area contributed by atoms with E-state index in [0.29, 0.717) is 5.69 Å². The van der Waals surface area contributed by atoms with Crippen molar-refractivity contribution in [3.8, 4) is 0 Å². The first-order valence-electron chi connectivity index (χ1n) is 6.50. The second-order valence-corrected chi connectivity index (χ2v) is 6.55. The maximum Gasteiger partial charge on any atom is 0.267 e. The van der Waals surface area contributed by atoms with Crippen LogP contribution >= 0.6 is 0 Å². The van der Waals surface area contributed by atoms with E-state index in [1.54, 1.807) is 6.07 Å². The topological polar surface area (TPSA) is 101 Å². The van der Waals surface area contributed by atoms with Crippen LogP contribution in [-0.4, -0.2) is 18.6 Å². The first-order valence-corrected chi connectivity index (χ1v) is 7.99. The molecule has 6 nitrogen and oxygen atoms in total. The zero-order valence-electron chi connectivity index (χ0n) is 10.9. The fourth-order valence-corrected chi connectivity index (χ4v) is 3.69. The third-order valence-electron chi connectivity index (χ3n) is 3.56. The number of hydrogen-bond donors (Lipinski definition) is 3. The van der Waals surface area contributed by atoms with Crippen molar-refractivity contribution >= 4 is 21.5 Å². The highest BCUT2D eigenvalue weighted by Gasteiger charge is 2.22. The van der Waals surface area contributed by atoms with Crippen LogP contribution in [0.3, 0.4) is 0 Å². The van der Waals surface area contributed by atoms with Gasteiger partial charge in [0.15, 0.2) is 0 Å². The number of benzene rings is 1. The SMILES string of the molecule is Nc1[nH]ncc1S(=O)(=O)Nc1cccc2c1CCCC2. The fourth-order valence-electron chi connectivity index (χ4n) is 2.58. The van der Waals surface area contributed by atoms with E-state index in [0.717, 1.165) is 31.2 Å². The van der Waals surface area contributed by atoms with Crippen molar-refractivity contribution < 1.29 is 8.42 Å². The molecule has 4 N–H and O–H groups in total. The molecule has 0 saturated heterocycles. The van der Waals surface area contributed by atoms with Gasteiger partial charge < -0.3 is 5.73 Å². The molecule has 20 heavy (non-hydrogen) atoms. The summed E-state index contributed by atoms with van der Waals surface area (Å²) in [4.78, 5) is -0.0223. The van der Waals surface area contributed by atoms with Crippen molar-refractivity contribution in [1.29, 1.82) is 0 Å². The van der Waals surface area contributed by atoms with Crippen molar-refractivity contribution in [3.05, 3.63) is 35.5 Å². The van der Waals surface area contributed by atoms with Crippen LogP contribution < -0.4 is 10.5 Å². The second kappa shape index (κ2) is 4.82. The van der Waals surface area contributed by atoms with E-state index in [1.807, 2.05) is 6.07 Å². The molecule has 1 aromatic heterocycles. The number of nitrogens with two attached hydrogens (primary N) is 1. The number of hydrogen-bond acceptors (Lipinski definition) is 4. The molecule has 3 rings (SSSR count). The number of rotatable bonds is 3. The molecule has 7 heteroatoms. The normalized spacial score (nSPS) is 14.8. The Kier molecular flexibility index (Phi) is 3.13. The molecule has 0 unspecified atom stereocenters. The van der Waals surface area contributed by atoms with Crippen molar-refractivity contribution in [2.75, 3.05) is 10.5 Å². The van der Waals surface area contributed by atoms with Gasteiger partial charge in [-0.25, -0.2) is 8.42 Å². The quantitative estimate of drug-likeness (QED) is 0.801. The van der Waals surface area contributed by atoms with Crippen LogP contribution in [0.15, 0.2) is 29.3 Å². The van der Waals surface area contributed by atoms with Crippen molar-refractivity contribution in [2.24, 2.45) is 0 Å². The highest BCUT2D eigenvalue weighted by molar-refractivity contribution is 7.92. The molecule has 0 saturated carbocycles. The minimum atomic E-state index is -3.70. The Morgan fingerprint density at radius 1 is 1.25 bits per heavy atom. The number of H-pyrrole nitrogens is 1. The standard InChI is InChI=1S/C13H16N4O2S/c14-13-12(8-15-16-13)20(18,19)17-11-7-3-5-9-4-1-2-6-10(9)11/h3,5,7-8,17H,1-2,4,6H2,(H3,14,15,16). The van der Waals surface area contributed by atoms with E-state index in [9.17, 15) is 8.42 Å². The van der Waals surface area contributed by atoms with Gasteiger partial charge in [0.05, 0.1) is 11.9 Å². The van der Waals surface area contributed by atoms with Gasteiger partial charge in [-0.05, 0) is 42.9 Å². The molecule has 106 valence electrons. The van der Waals surface area contributed by atoms with Crippen LogP contribution in [0.25, 0.3) is 0 Å². The van der Waals surface area contributed by atoms with Crippen LogP contribution in [0.2, 0.25) is 0 Å². The number of aromatic amines is 1. The molecule has 0 radical (unpaired) electrons. The number of sulfonamides is 1. The van der Waals surface area contributed by atoms with Crippen LogP contribution in [-0.2, 0) is 22.9 Å². The van der Waals surface area contributed by atoms with E-state index in [1.165, 1.54) is 11.8 Å². The molecule has 0 amide bonds. The highest BCUT2D eigenvalue weighted by Crippen LogP contribution is 2.29. The predicted molar refractivity (Wildman–Crippen MR) is 76.9 cm³/mol. The Labute approximate surface area is 117 Å². The Hall–Kier alpha value is -2.02. The smallest absolute Gasteiger partial charge is 0.267 e. The van der Waals surface area contributed by atoms with Gasteiger partial charge in [0.25, 0.3) is 10.0 Å². The molecule has 0 spiro atoms. The summed E-state index contributed by atoms with van der Waals surface area (Å²) in [7, 11) is -3.70. The summed E-state index contributed by atoms with van der Waals surface area (Å²) in [6, 6.07) is 5.72. The lowest BCUT2D eigenvalue weighted by Gasteiger charge is -2.19. The Bertz CT molecular complexity index is 737.